The van der Waals surface area contributed by atoms with Crippen LogP contribution in [0.5, 0.6) is 5.75 Å². The Bertz CT molecular complexity index is 1220. The molecule has 0 radical (unpaired) electrons. The second-order valence-corrected chi connectivity index (χ2v) is 9.32. The number of rotatable bonds is 4. The van der Waals surface area contributed by atoms with Gasteiger partial charge in [-0.05, 0) is 50.9 Å². The number of hydrogen-bond acceptors (Lipinski definition) is 4. The minimum absolute atomic E-state index is 0.165. The third-order valence-corrected chi connectivity index (χ3v) is 6.30. The number of hydrogen-bond donors (Lipinski definition) is 0. The molecule has 2 aromatic carbocycles. The Morgan fingerprint density at radius 2 is 1.46 bits per heavy atom. The van der Waals surface area contributed by atoms with Crippen LogP contribution in [-0.2, 0) is 28.3 Å². The van der Waals surface area contributed by atoms with Crippen LogP contribution in [-0.4, -0.2) is 23.3 Å². The lowest BCUT2D eigenvalue weighted by molar-refractivity contribution is -0.142. The SMILES string of the molecule is CC1(C)OB(c2ccc(COc3cc(C(F)(F)F)nc4c(C(F)(F)F)cccc34)cc2)OC1(C)C. The molecule has 0 bridgehead atoms. The first kappa shape index (κ1) is 25.3. The van der Waals surface area contributed by atoms with Crippen molar-refractivity contribution in [1.82, 2.24) is 4.98 Å². The van der Waals surface area contributed by atoms with Crippen molar-refractivity contribution in [2.24, 2.45) is 0 Å². The molecule has 0 amide bonds. The molecule has 0 atom stereocenters. The smallest absolute Gasteiger partial charge is 0.488 e. The van der Waals surface area contributed by atoms with Gasteiger partial charge < -0.3 is 14.0 Å². The lowest BCUT2D eigenvalue weighted by Crippen LogP contribution is -2.41. The first-order valence-electron chi connectivity index (χ1n) is 10.7. The van der Waals surface area contributed by atoms with E-state index >= 15 is 0 Å². The van der Waals surface area contributed by atoms with E-state index in [0.717, 1.165) is 11.5 Å². The number of halogens is 6. The van der Waals surface area contributed by atoms with Gasteiger partial charge in [-0.25, -0.2) is 4.98 Å². The number of para-hydroxylation sites is 1. The van der Waals surface area contributed by atoms with Gasteiger partial charge >= 0.3 is 19.5 Å². The fourth-order valence-corrected chi connectivity index (χ4v) is 3.62. The van der Waals surface area contributed by atoms with Crippen LogP contribution in [0.15, 0.2) is 48.5 Å². The topological polar surface area (TPSA) is 40.6 Å². The molecule has 4 nitrogen and oxygen atoms in total. The highest BCUT2D eigenvalue weighted by molar-refractivity contribution is 6.62. The van der Waals surface area contributed by atoms with Crippen molar-refractivity contribution in [2.75, 3.05) is 0 Å². The van der Waals surface area contributed by atoms with Crippen molar-refractivity contribution in [3.05, 3.63) is 65.4 Å². The van der Waals surface area contributed by atoms with E-state index in [2.05, 4.69) is 4.98 Å². The molecule has 0 aliphatic carbocycles. The molecule has 0 N–H and O–H groups in total. The fourth-order valence-electron chi connectivity index (χ4n) is 3.62. The zero-order chi connectivity index (χ0) is 25.8. The number of alkyl halides is 6. The largest absolute Gasteiger partial charge is 0.494 e. The Kier molecular flexibility index (Phi) is 6.08. The second kappa shape index (κ2) is 8.41. The van der Waals surface area contributed by atoms with Crippen molar-refractivity contribution in [1.29, 1.82) is 0 Å². The molecular weight excluding hydrogens is 475 g/mol. The van der Waals surface area contributed by atoms with Crippen LogP contribution in [0.25, 0.3) is 10.9 Å². The average Bonchev–Trinajstić information content (AvgIpc) is 2.97. The summed E-state index contributed by atoms with van der Waals surface area (Å²) in [5.74, 6) is -0.344. The Labute approximate surface area is 198 Å². The Balaban J connectivity index is 1.61. The summed E-state index contributed by atoms with van der Waals surface area (Å²) in [4.78, 5) is 3.25. The molecule has 35 heavy (non-hydrogen) atoms. The number of pyridine rings is 1. The number of fused-ring (bicyclic) bond motifs is 1. The van der Waals surface area contributed by atoms with Crippen LogP contribution in [0.3, 0.4) is 0 Å². The zero-order valence-electron chi connectivity index (χ0n) is 19.3. The van der Waals surface area contributed by atoms with Crippen LogP contribution in [0.2, 0.25) is 0 Å². The molecule has 4 rings (SSSR count). The van der Waals surface area contributed by atoms with Crippen molar-refractivity contribution in [2.45, 2.75) is 57.9 Å². The van der Waals surface area contributed by atoms with Crippen LogP contribution < -0.4 is 10.2 Å². The van der Waals surface area contributed by atoms with Gasteiger partial charge in [-0.15, -0.1) is 0 Å². The second-order valence-electron chi connectivity index (χ2n) is 9.32. The van der Waals surface area contributed by atoms with E-state index in [1.54, 1.807) is 24.3 Å². The van der Waals surface area contributed by atoms with E-state index in [0.29, 0.717) is 17.7 Å². The van der Waals surface area contributed by atoms with Crippen LogP contribution in [0, 0.1) is 0 Å². The lowest BCUT2D eigenvalue weighted by Gasteiger charge is -2.32. The number of nitrogens with zero attached hydrogens (tertiary/aromatic N) is 1. The van der Waals surface area contributed by atoms with E-state index in [9.17, 15) is 26.3 Å². The summed E-state index contributed by atoms with van der Waals surface area (Å²) in [6.45, 7) is 7.53. The van der Waals surface area contributed by atoms with Gasteiger partial charge in [0.15, 0.2) is 0 Å². The molecule has 2 heterocycles. The Hall–Kier alpha value is -2.79. The molecule has 1 aliphatic heterocycles. The first-order chi connectivity index (χ1) is 16.1. The van der Waals surface area contributed by atoms with Gasteiger partial charge in [-0.1, -0.05) is 30.3 Å². The van der Waals surface area contributed by atoms with Crippen molar-refractivity contribution in [3.63, 3.8) is 0 Å². The van der Waals surface area contributed by atoms with Gasteiger partial charge in [-0.2, -0.15) is 26.3 Å². The zero-order valence-corrected chi connectivity index (χ0v) is 19.3. The standard InChI is InChI=1S/C24H22BF6NO3/c1-21(2)22(3,4)35-25(34-21)15-10-8-14(9-11-15)13-33-18-12-19(24(29,30)31)32-20-16(18)6-5-7-17(20)23(26,27)28/h5-12H,13H2,1-4H3. The van der Waals surface area contributed by atoms with Gasteiger partial charge in [0, 0.05) is 11.5 Å². The normalized spacial score (nSPS) is 17.7. The van der Waals surface area contributed by atoms with Crippen LogP contribution >= 0.6 is 0 Å². The predicted molar refractivity (Wildman–Crippen MR) is 118 cm³/mol. The monoisotopic (exact) mass is 497 g/mol. The maximum Gasteiger partial charge on any atom is 0.494 e. The van der Waals surface area contributed by atoms with Gasteiger partial charge in [0.1, 0.15) is 18.1 Å². The molecule has 1 aromatic heterocycles. The molecule has 0 saturated carbocycles. The molecule has 3 aromatic rings. The summed E-state index contributed by atoms with van der Waals surface area (Å²) < 4.78 is 97.9. The summed E-state index contributed by atoms with van der Waals surface area (Å²) >= 11 is 0. The van der Waals surface area contributed by atoms with Gasteiger partial charge in [0.25, 0.3) is 0 Å². The summed E-state index contributed by atoms with van der Waals surface area (Å²) in [5, 5.41) is -0.165. The Morgan fingerprint density at radius 3 is 2.00 bits per heavy atom. The third kappa shape index (κ3) is 4.97. The molecular formula is C24H22BF6NO3. The Morgan fingerprint density at radius 1 is 0.857 bits per heavy atom. The number of benzene rings is 2. The van der Waals surface area contributed by atoms with E-state index < -0.39 is 47.4 Å². The fraction of sp³-hybridized carbons (Fsp3) is 0.375. The van der Waals surface area contributed by atoms with Crippen molar-refractivity contribution in [3.8, 4) is 5.75 Å². The summed E-state index contributed by atoms with van der Waals surface area (Å²) in [5.41, 5.74) is -3.25. The molecule has 1 saturated heterocycles. The molecule has 0 spiro atoms. The number of ether oxygens (including phenoxy) is 1. The molecule has 1 fully saturated rings. The summed E-state index contributed by atoms with van der Waals surface area (Å²) in [6, 6.07) is 10.5. The number of aromatic nitrogens is 1. The van der Waals surface area contributed by atoms with Gasteiger partial charge in [0.2, 0.25) is 0 Å². The first-order valence-corrected chi connectivity index (χ1v) is 10.7. The maximum absolute atomic E-state index is 13.4. The molecule has 1 aliphatic rings. The average molecular weight is 497 g/mol. The quantitative estimate of drug-likeness (QED) is 0.320. The van der Waals surface area contributed by atoms with E-state index in [4.69, 9.17) is 14.0 Å². The van der Waals surface area contributed by atoms with Crippen molar-refractivity contribution >= 4 is 23.5 Å². The van der Waals surface area contributed by atoms with E-state index in [1.165, 1.54) is 6.07 Å². The maximum atomic E-state index is 13.4. The minimum atomic E-state index is -4.95. The molecule has 11 heteroatoms. The molecule has 0 unspecified atom stereocenters. The van der Waals surface area contributed by atoms with Gasteiger partial charge in [0.05, 0.1) is 22.3 Å². The van der Waals surface area contributed by atoms with Crippen molar-refractivity contribution < 1.29 is 40.4 Å². The lowest BCUT2D eigenvalue weighted by atomic mass is 9.79. The summed E-state index contributed by atoms with van der Waals surface area (Å²) in [6.07, 6.45) is -9.83. The third-order valence-electron chi connectivity index (χ3n) is 6.30. The molecule has 186 valence electrons. The highest BCUT2D eigenvalue weighted by Gasteiger charge is 2.51. The highest BCUT2D eigenvalue weighted by Crippen LogP contribution is 2.40. The predicted octanol–water partition coefficient (Wildman–Crippen LogP) is 6.15. The minimum Gasteiger partial charge on any atom is -0.488 e. The van der Waals surface area contributed by atoms with E-state index in [1.807, 2.05) is 27.7 Å². The highest BCUT2D eigenvalue weighted by atomic mass is 19.4. The van der Waals surface area contributed by atoms with Crippen LogP contribution in [0.1, 0.15) is 44.5 Å². The summed E-state index contributed by atoms with van der Waals surface area (Å²) in [7, 11) is -0.589. The van der Waals surface area contributed by atoms with E-state index in [-0.39, 0.29) is 17.7 Å². The van der Waals surface area contributed by atoms with Gasteiger partial charge in [-0.3, -0.25) is 0 Å². The van der Waals surface area contributed by atoms with Crippen LogP contribution in [0.4, 0.5) is 26.3 Å².